The van der Waals surface area contributed by atoms with Crippen LogP contribution in [0.15, 0.2) is 30.3 Å². The summed E-state index contributed by atoms with van der Waals surface area (Å²) in [6.07, 6.45) is -0.0917. The molecule has 9 nitrogen and oxygen atoms in total. The number of hydrogen-bond acceptors (Lipinski definition) is 6. The van der Waals surface area contributed by atoms with Crippen molar-refractivity contribution in [3.05, 3.63) is 35.9 Å². The number of amides is 3. The lowest BCUT2D eigenvalue weighted by Crippen LogP contribution is -2.51. The number of alkyl carbamates (subject to hydrolysis) is 1. The largest absolute Gasteiger partial charge is 0.466 e. The summed E-state index contributed by atoms with van der Waals surface area (Å²) in [6.45, 7) is 10.7. The first-order chi connectivity index (χ1) is 15.5. The Hall–Kier alpha value is -3.10. The molecular formula is C24H37N3O6. The van der Waals surface area contributed by atoms with E-state index in [0.29, 0.717) is 12.0 Å². The minimum Gasteiger partial charge on any atom is -0.466 e. The van der Waals surface area contributed by atoms with Crippen molar-refractivity contribution in [3.8, 4) is 0 Å². The van der Waals surface area contributed by atoms with E-state index in [-0.39, 0.29) is 32.2 Å². The average molecular weight is 464 g/mol. The highest BCUT2D eigenvalue weighted by Gasteiger charge is 2.34. The SMILES string of the molecule is CCOC(=O)CCNC(=O)C(c1ccccc1)N(C(=O)CNC(=O)OC(C)(C)C)C(C)CC. The van der Waals surface area contributed by atoms with E-state index >= 15 is 0 Å². The summed E-state index contributed by atoms with van der Waals surface area (Å²) in [7, 11) is 0. The van der Waals surface area contributed by atoms with Gasteiger partial charge < -0.3 is 25.0 Å². The molecule has 0 aromatic heterocycles. The predicted octanol–water partition coefficient (Wildman–Crippen LogP) is 2.95. The van der Waals surface area contributed by atoms with Crippen LogP contribution in [0.25, 0.3) is 0 Å². The van der Waals surface area contributed by atoms with Gasteiger partial charge in [-0.3, -0.25) is 14.4 Å². The van der Waals surface area contributed by atoms with Crippen LogP contribution in [-0.2, 0) is 23.9 Å². The van der Waals surface area contributed by atoms with Gasteiger partial charge in [-0.1, -0.05) is 37.3 Å². The summed E-state index contributed by atoms with van der Waals surface area (Å²) in [5.41, 5.74) is -0.0772. The van der Waals surface area contributed by atoms with Gasteiger partial charge in [0.15, 0.2) is 0 Å². The van der Waals surface area contributed by atoms with Gasteiger partial charge in [0.1, 0.15) is 18.2 Å². The Bertz CT molecular complexity index is 791. The van der Waals surface area contributed by atoms with Gasteiger partial charge in [-0.2, -0.15) is 0 Å². The second-order valence-electron chi connectivity index (χ2n) is 8.57. The third kappa shape index (κ3) is 9.93. The molecule has 3 amide bonds. The molecule has 33 heavy (non-hydrogen) atoms. The number of rotatable bonds is 11. The maximum absolute atomic E-state index is 13.2. The lowest BCUT2D eigenvalue weighted by Gasteiger charge is -2.36. The molecule has 0 bridgehead atoms. The molecule has 0 aliphatic carbocycles. The van der Waals surface area contributed by atoms with Crippen molar-refractivity contribution in [2.45, 2.75) is 72.1 Å². The minimum absolute atomic E-state index is 0.0264. The maximum atomic E-state index is 13.2. The second kappa shape index (κ2) is 13.4. The summed E-state index contributed by atoms with van der Waals surface area (Å²) in [5, 5.41) is 5.21. The molecule has 2 N–H and O–H groups in total. The van der Waals surface area contributed by atoms with E-state index < -0.39 is 35.5 Å². The van der Waals surface area contributed by atoms with E-state index in [9.17, 15) is 19.2 Å². The number of nitrogens with one attached hydrogen (secondary N) is 2. The molecule has 0 fully saturated rings. The molecule has 0 saturated carbocycles. The fourth-order valence-corrected chi connectivity index (χ4v) is 3.09. The summed E-state index contributed by atoms with van der Waals surface area (Å²) in [4.78, 5) is 51.5. The highest BCUT2D eigenvalue weighted by atomic mass is 16.6. The Kier molecular flexibility index (Phi) is 11.4. The molecule has 0 heterocycles. The quantitative estimate of drug-likeness (QED) is 0.488. The van der Waals surface area contributed by atoms with Crippen LogP contribution in [0.3, 0.4) is 0 Å². The first-order valence-corrected chi connectivity index (χ1v) is 11.3. The molecule has 0 radical (unpaired) electrons. The molecule has 2 unspecified atom stereocenters. The lowest BCUT2D eigenvalue weighted by molar-refractivity contribution is -0.144. The van der Waals surface area contributed by atoms with E-state index in [4.69, 9.17) is 9.47 Å². The summed E-state index contributed by atoms with van der Waals surface area (Å²) >= 11 is 0. The van der Waals surface area contributed by atoms with Gasteiger partial charge >= 0.3 is 12.1 Å². The molecule has 0 aliphatic heterocycles. The van der Waals surface area contributed by atoms with Gasteiger partial charge in [0.25, 0.3) is 0 Å². The van der Waals surface area contributed by atoms with Crippen LogP contribution >= 0.6 is 0 Å². The standard InChI is InChI=1S/C24H37N3O6/c1-7-17(3)27(19(28)16-26-23(31)33-24(4,5)6)21(18-12-10-9-11-13-18)22(30)25-15-14-20(29)32-8-2/h9-13,17,21H,7-8,14-16H2,1-6H3,(H,25,30)(H,26,31). The van der Waals surface area contributed by atoms with Crippen molar-refractivity contribution in [2.24, 2.45) is 0 Å². The lowest BCUT2D eigenvalue weighted by atomic mass is 10.0. The van der Waals surface area contributed by atoms with Gasteiger partial charge in [-0.25, -0.2) is 4.79 Å². The molecule has 1 aromatic rings. The van der Waals surface area contributed by atoms with Gasteiger partial charge in [-0.05, 0) is 46.6 Å². The molecule has 2 atom stereocenters. The molecule has 0 aliphatic rings. The highest BCUT2D eigenvalue weighted by molar-refractivity contribution is 5.90. The van der Waals surface area contributed by atoms with Crippen molar-refractivity contribution in [3.63, 3.8) is 0 Å². The zero-order valence-electron chi connectivity index (χ0n) is 20.5. The van der Waals surface area contributed by atoms with Crippen molar-refractivity contribution in [2.75, 3.05) is 19.7 Å². The van der Waals surface area contributed by atoms with Crippen LogP contribution in [0.4, 0.5) is 4.79 Å². The van der Waals surface area contributed by atoms with E-state index in [2.05, 4.69) is 10.6 Å². The fourth-order valence-electron chi connectivity index (χ4n) is 3.09. The van der Waals surface area contributed by atoms with Crippen LogP contribution in [-0.4, -0.2) is 60.1 Å². The topological polar surface area (TPSA) is 114 Å². The molecular weight excluding hydrogens is 426 g/mol. The van der Waals surface area contributed by atoms with E-state index in [0.717, 1.165) is 0 Å². The Morgan fingerprint density at radius 3 is 2.21 bits per heavy atom. The summed E-state index contributed by atoms with van der Waals surface area (Å²) in [5.74, 6) is -1.26. The summed E-state index contributed by atoms with van der Waals surface area (Å²) < 4.78 is 10.1. The van der Waals surface area contributed by atoms with Crippen LogP contribution in [0.2, 0.25) is 0 Å². The third-order valence-electron chi connectivity index (χ3n) is 4.71. The van der Waals surface area contributed by atoms with Gasteiger partial charge in [-0.15, -0.1) is 0 Å². The molecule has 1 rings (SSSR count). The van der Waals surface area contributed by atoms with Crippen LogP contribution in [0.1, 0.15) is 66.0 Å². The van der Waals surface area contributed by atoms with E-state index in [1.807, 2.05) is 19.9 Å². The maximum Gasteiger partial charge on any atom is 0.408 e. The van der Waals surface area contributed by atoms with Crippen LogP contribution in [0.5, 0.6) is 0 Å². The fraction of sp³-hybridized carbons (Fsp3) is 0.583. The monoisotopic (exact) mass is 463 g/mol. The smallest absolute Gasteiger partial charge is 0.408 e. The Morgan fingerprint density at radius 2 is 1.67 bits per heavy atom. The molecule has 184 valence electrons. The predicted molar refractivity (Wildman–Crippen MR) is 124 cm³/mol. The highest BCUT2D eigenvalue weighted by Crippen LogP contribution is 2.25. The number of ether oxygens (including phenoxy) is 2. The van der Waals surface area contributed by atoms with Crippen molar-refractivity contribution in [1.82, 2.24) is 15.5 Å². The molecule has 0 saturated heterocycles. The summed E-state index contributed by atoms with van der Waals surface area (Å²) in [6, 6.07) is 7.69. The zero-order valence-corrected chi connectivity index (χ0v) is 20.5. The Balaban J connectivity index is 3.07. The Morgan fingerprint density at radius 1 is 1.03 bits per heavy atom. The van der Waals surface area contributed by atoms with Crippen LogP contribution in [0, 0.1) is 0 Å². The second-order valence-corrected chi connectivity index (χ2v) is 8.57. The first kappa shape index (κ1) is 27.9. The number of benzene rings is 1. The number of hydrogen-bond donors (Lipinski definition) is 2. The van der Waals surface area contributed by atoms with Crippen molar-refractivity contribution >= 4 is 23.9 Å². The zero-order chi connectivity index (χ0) is 25.0. The average Bonchev–Trinajstić information content (AvgIpc) is 2.74. The van der Waals surface area contributed by atoms with Gasteiger partial charge in [0.05, 0.1) is 13.0 Å². The van der Waals surface area contributed by atoms with E-state index in [1.165, 1.54) is 4.90 Å². The van der Waals surface area contributed by atoms with Crippen LogP contribution < -0.4 is 10.6 Å². The number of carbonyl (C=O) groups is 4. The minimum atomic E-state index is -0.934. The van der Waals surface area contributed by atoms with Crippen molar-refractivity contribution < 1.29 is 28.7 Å². The van der Waals surface area contributed by atoms with Gasteiger partial charge in [0, 0.05) is 12.6 Å². The number of esters is 1. The molecule has 0 spiro atoms. The number of nitrogens with zero attached hydrogens (tertiary/aromatic N) is 1. The third-order valence-corrected chi connectivity index (χ3v) is 4.71. The van der Waals surface area contributed by atoms with Crippen molar-refractivity contribution in [1.29, 1.82) is 0 Å². The molecule has 9 heteroatoms. The van der Waals surface area contributed by atoms with E-state index in [1.54, 1.807) is 52.0 Å². The number of carbonyl (C=O) groups excluding carboxylic acids is 4. The Labute approximate surface area is 196 Å². The molecule has 1 aromatic carbocycles. The normalized spacial score (nSPS) is 12.8. The van der Waals surface area contributed by atoms with Gasteiger partial charge in [0.2, 0.25) is 11.8 Å². The first-order valence-electron chi connectivity index (χ1n) is 11.3.